The number of carbonyl (C=O) groups is 1. The van der Waals surface area contributed by atoms with Crippen LogP contribution in [0.15, 0.2) is 54.6 Å². The van der Waals surface area contributed by atoms with E-state index in [1.807, 2.05) is 35.0 Å². The van der Waals surface area contributed by atoms with Gasteiger partial charge in [-0.1, -0.05) is 48.5 Å². The second kappa shape index (κ2) is 5.79. The fourth-order valence-electron chi connectivity index (χ4n) is 2.44. The number of nitrogens with zero attached hydrogens (tertiary/aromatic N) is 2. The first-order valence-corrected chi connectivity index (χ1v) is 7.01. The van der Waals surface area contributed by atoms with Gasteiger partial charge in [-0.25, -0.2) is 0 Å². The number of nitrogens with one attached hydrogen (secondary N) is 1. The lowest BCUT2D eigenvalue weighted by Crippen LogP contribution is -2.24. The Kier molecular flexibility index (Phi) is 3.69. The number of hydrogen-bond acceptors (Lipinski definition) is 2. The minimum atomic E-state index is -0.0188. The van der Waals surface area contributed by atoms with Gasteiger partial charge in [-0.05, 0) is 6.07 Å². The molecule has 2 aromatic carbocycles. The van der Waals surface area contributed by atoms with E-state index >= 15 is 0 Å². The molecular formula is C17H17N3O. The van der Waals surface area contributed by atoms with Gasteiger partial charge in [0.1, 0.15) is 5.69 Å². The van der Waals surface area contributed by atoms with Crippen LogP contribution in [0.3, 0.4) is 0 Å². The van der Waals surface area contributed by atoms with Crippen molar-refractivity contribution in [1.82, 2.24) is 15.1 Å². The van der Waals surface area contributed by atoms with Gasteiger partial charge in [0.05, 0.1) is 12.1 Å². The molecule has 21 heavy (non-hydrogen) atoms. The third kappa shape index (κ3) is 2.79. The van der Waals surface area contributed by atoms with Gasteiger partial charge in [0.15, 0.2) is 0 Å². The van der Waals surface area contributed by atoms with E-state index in [9.17, 15) is 4.79 Å². The Labute approximate surface area is 123 Å². The van der Waals surface area contributed by atoms with Gasteiger partial charge in [-0.3, -0.25) is 9.48 Å². The van der Waals surface area contributed by atoms with Crippen LogP contribution in [0.5, 0.6) is 0 Å². The highest BCUT2D eigenvalue weighted by Gasteiger charge is 2.11. The van der Waals surface area contributed by atoms with Crippen LogP contribution >= 0.6 is 0 Å². The monoisotopic (exact) mass is 279 g/mol. The van der Waals surface area contributed by atoms with Crippen molar-refractivity contribution in [2.75, 3.05) is 6.54 Å². The van der Waals surface area contributed by atoms with Gasteiger partial charge in [0, 0.05) is 24.4 Å². The first-order valence-electron chi connectivity index (χ1n) is 7.01. The molecule has 0 saturated carbocycles. The molecular weight excluding hydrogens is 262 g/mol. The molecule has 106 valence electrons. The van der Waals surface area contributed by atoms with E-state index in [0.717, 1.165) is 22.2 Å². The van der Waals surface area contributed by atoms with E-state index in [-0.39, 0.29) is 5.91 Å². The highest BCUT2D eigenvalue weighted by molar-refractivity contribution is 5.93. The molecule has 3 aromatic rings. The smallest absolute Gasteiger partial charge is 0.216 e. The van der Waals surface area contributed by atoms with Gasteiger partial charge in [0.2, 0.25) is 5.91 Å². The van der Waals surface area contributed by atoms with Crippen LogP contribution in [0.1, 0.15) is 6.92 Å². The molecule has 0 aliphatic heterocycles. The number of benzene rings is 2. The lowest BCUT2D eigenvalue weighted by Gasteiger charge is -2.03. The van der Waals surface area contributed by atoms with Gasteiger partial charge in [0.25, 0.3) is 0 Å². The summed E-state index contributed by atoms with van der Waals surface area (Å²) in [6, 6.07) is 18.3. The van der Waals surface area contributed by atoms with Crippen molar-refractivity contribution in [3.8, 4) is 11.3 Å². The molecule has 0 aliphatic carbocycles. The van der Waals surface area contributed by atoms with Gasteiger partial charge in [-0.15, -0.1) is 0 Å². The van der Waals surface area contributed by atoms with Crippen molar-refractivity contribution in [2.45, 2.75) is 13.5 Å². The molecule has 4 nitrogen and oxygen atoms in total. The van der Waals surface area contributed by atoms with E-state index < -0.39 is 0 Å². The molecule has 1 amide bonds. The summed E-state index contributed by atoms with van der Waals surface area (Å²) in [6.07, 6.45) is 0. The van der Waals surface area contributed by atoms with Crippen LogP contribution in [0.2, 0.25) is 0 Å². The number of rotatable bonds is 4. The molecule has 0 unspecified atom stereocenters. The maximum atomic E-state index is 11.0. The van der Waals surface area contributed by atoms with Crippen LogP contribution in [-0.4, -0.2) is 22.2 Å². The van der Waals surface area contributed by atoms with E-state index in [0.29, 0.717) is 13.1 Å². The van der Waals surface area contributed by atoms with Crippen molar-refractivity contribution in [3.05, 3.63) is 54.6 Å². The van der Waals surface area contributed by atoms with E-state index in [1.54, 1.807) is 0 Å². The van der Waals surface area contributed by atoms with E-state index in [2.05, 4.69) is 29.6 Å². The van der Waals surface area contributed by atoms with Gasteiger partial charge < -0.3 is 5.32 Å². The molecule has 0 spiro atoms. The number of aromatic nitrogens is 2. The Hall–Kier alpha value is -2.62. The lowest BCUT2D eigenvalue weighted by molar-refractivity contribution is -0.118. The molecule has 1 heterocycles. The molecule has 0 aliphatic rings. The van der Waals surface area contributed by atoms with E-state index in [1.165, 1.54) is 6.92 Å². The zero-order valence-electron chi connectivity index (χ0n) is 11.9. The van der Waals surface area contributed by atoms with Gasteiger partial charge in [-0.2, -0.15) is 5.10 Å². The number of fused-ring (bicyclic) bond motifs is 1. The van der Waals surface area contributed by atoms with Crippen molar-refractivity contribution in [2.24, 2.45) is 0 Å². The summed E-state index contributed by atoms with van der Waals surface area (Å²) in [4.78, 5) is 11.0. The third-order valence-corrected chi connectivity index (χ3v) is 3.40. The summed E-state index contributed by atoms with van der Waals surface area (Å²) in [5.74, 6) is -0.0188. The molecule has 0 saturated heterocycles. The fraction of sp³-hybridized carbons (Fsp3) is 0.176. The lowest BCUT2D eigenvalue weighted by atomic mass is 10.1. The number of amides is 1. The normalized spacial score (nSPS) is 10.7. The van der Waals surface area contributed by atoms with E-state index in [4.69, 9.17) is 5.10 Å². The Morgan fingerprint density at radius 2 is 1.81 bits per heavy atom. The third-order valence-electron chi connectivity index (χ3n) is 3.40. The standard InChI is InChI=1S/C17H17N3O/c1-13(21)18-11-12-20-16-10-6-5-9-15(16)17(19-20)14-7-3-2-4-8-14/h2-10H,11-12H2,1H3,(H,18,21). The minimum Gasteiger partial charge on any atom is -0.354 e. The van der Waals surface area contributed by atoms with Crippen molar-refractivity contribution >= 4 is 16.8 Å². The number of carbonyl (C=O) groups excluding carboxylic acids is 1. The van der Waals surface area contributed by atoms with Crippen molar-refractivity contribution in [3.63, 3.8) is 0 Å². The maximum absolute atomic E-state index is 11.0. The SMILES string of the molecule is CC(=O)NCCn1nc(-c2ccccc2)c2ccccc21. The van der Waals surface area contributed by atoms with Crippen LogP contribution < -0.4 is 5.32 Å². The molecule has 0 atom stereocenters. The number of para-hydroxylation sites is 1. The predicted octanol–water partition coefficient (Wildman–Crippen LogP) is 2.84. The zero-order chi connectivity index (χ0) is 14.7. The average Bonchev–Trinajstić information content (AvgIpc) is 2.87. The van der Waals surface area contributed by atoms with Crippen LogP contribution in [0.25, 0.3) is 22.2 Å². The quantitative estimate of drug-likeness (QED) is 0.798. The molecule has 4 heteroatoms. The second-order valence-electron chi connectivity index (χ2n) is 4.94. The summed E-state index contributed by atoms with van der Waals surface area (Å²) in [5.41, 5.74) is 3.17. The Morgan fingerprint density at radius 1 is 1.10 bits per heavy atom. The highest BCUT2D eigenvalue weighted by atomic mass is 16.1. The molecule has 3 rings (SSSR count). The molecule has 1 N–H and O–H groups in total. The van der Waals surface area contributed by atoms with Crippen LogP contribution in [0.4, 0.5) is 0 Å². The van der Waals surface area contributed by atoms with Gasteiger partial charge >= 0.3 is 0 Å². The van der Waals surface area contributed by atoms with Crippen molar-refractivity contribution in [1.29, 1.82) is 0 Å². The summed E-state index contributed by atoms with van der Waals surface area (Å²) in [6.45, 7) is 2.76. The van der Waals surface area contributed by atoms with Crippen LogP contribution in [0, 0.1) is 0 Å². The molecule has 0 bridgehead atoms. The maximum Gasteiger partial charge on any atom is 0.216 e. The van der Waals surface area contributed by atoms with Crippen LogP contribution in [-0.2, 0) is 11.3 Å². The molecule has 0 radical (unpaired) electrons. The summed E-state index contributed by atoms with van der Waals surface area (Å²) < 4.78 is 1.95. The summed E-state index contributed by atoms with van der Waals surface area (Å²) in [5, 5.41) is 8.66. The summed E-state index contributed by atoms with van der Waals surface area (Å²) >= 11 is 0. The Bertz CT molecular complexity index is 762. The second-order valence-corrected chi connectivity index (χ2v) is 4.94. The highest BCUT2D eigenvalue weighted by Crippen LogP contribution is 2.27. The topological polar surface area (TPSA) is 46.9 Å². The molecule has 0 fully saturated rings. The fourth-order valence-corrected chi connectivity index (χ4v) is 2.44. The number of hydrogen-bond donors (Lipinski definition) is 1. The Morgan fingerprint density at radius 3 is 2.57 bits per heavy atom. The predicted molar refractivity (Wildman–Crippen MR) is 83.9 cm³/mol. The first kappa shape index (κ1) is 13.4. The van der Waals surface area contributed by atoms with Crippen molar-refractivity contribution < 1.29 is 4.79 Å². The Balaban J connectivity index is 2.00. The minimum absolute atomic E-state index is 0.0188. The average molecular weight is 279 g/mol. The largest absolute Gasteiger partial charge is 0.354 e. The zero-order valence-corrected chi connectivity index (χ0v) is 11.9. The first-order chi connectivity index (χ1) is 10.3. The summed E-state index contributed by atoms with van der Waals surface area (Å²) in [7, 11) is 0. The molecule has 1 aromatic heterocycles.